The molecule has 2 rings (SSSR count). The summed E-state index contributed by atoms with van der Waals surface area (Å²) in [5, 5.41) is 0. The van der Waals surface area contributed by atoms with E-state index in [2.05, 4.69) is 56.9 Å². The minimum Gasteiger partial charge on any atom is -0.303 e. The topological polar surface area (TPSA) is 3.24 Å². The van der Waals surface area contributed by atoms with Crippen LogP contribution in [0.25, 0.3) is 0 Å². The van der Waals surface area contributed by atoms with Gasteiger partial charge in [-0.2, -0.15) is 0 Å². The molecule has 1 aliphatic heterocycles. The van der Waals surface area contributed by atoms with E-state index in [0.29, 0.717) is 0 Å². The Bertz CT molecular complexity index is 402. The maximum atomic E-state index is 2.68. The molecule has 0 aliphatic carbocycles. The van der Waals surface area contributed by atoms with E-state index >= 15 is 0 Å². The van der Waals surface area contributed by atoms with Gasteiger partial charge in [-0.1, -0.05) is 50.6 Å². The molecule has 0 saturated carbocycles. The zero-order chi connectivity index (χ0) is 14.5. The number of benzene rings is 1. The number of hydrogen-bond donors (Lipinski definition) is 0. The molecule has 0 amide bonds. The fraction of sp³-hybridized carbons (Fsp3) is 0.684. The summed E-state index contributed by atoms with van der Waals surface area (Å²) in [4.78, 5) is 2.68. The van der Waals surface area contributed by atoms with E-state index in [1.165, 1.54) is 50.0 Å². The molecule has 1 aliphatic rings. The molecule has 1 aromatic rings. The second-order valence-electron chi connectivity index (χ2n) is 7.18. The average molecular weight is 273 g/mol. The molecule has 112 valence electrons. The van der Waals surface area contributed by atoms with Crippen LogP contribution in [0, 0.1) is 24.7 Å². The highest BCUT2D eigenvalue weighted by Crippen LogP contribution is 2.25. The van der Waals surface area contributed by atoms with E-state index in [0.717, 1.165) is 17.8 Å². The molecule has 0 aromatic heterocycles. The summed E-state index contributed by atoms with van der Waals surface area (Å²) in [7, 11) is 0. The predicted octanol–water partition coefficient (Wildman–Crippen LogP) is 4.54. The van der Waals surface area contributed by atoms with Gasteiger partial charge >= 0.3 is 0 Å². The van der Waals surface area contributed by atoms with Crippen molar-refractivity contribution in [1.29, 1.82) is 0 Å². The van der Waals surface area contributed by atoms with Crippen LogP contribution < -0.4 is 0 Å². The molecule has 0 radical (unpaired) electrons. The number of nitrogens with zero attached hydrogens (tertiary/aromatic N) is 1. The molecule has 1 heterocycles. The van der Waals surface area contributed by atoms with Crippen molar-refractivity contribution in [3.05, 3.63) is 35.4 Å². The fourth-order valence-electron chi connectivity index (χ4n) is 3.55. The third-order valence-corrected chi connectivity index (χ3v) is 4.81. The van der Waals surface area contributed by atoms with Gasteiger partial charge in [0.1, 0.15) is 0 Å². The smallest absolute Gasteiger partial charge is 0.00102 e. The minimum absolute atomic E-state index is 0.757. The SMILES string of the molecule is Cc1cccc(CC(C)CN2CCC(C(C)C)CC2)c1. The lowest BCUT2D eigenvalue weighted by Gasteiger charge is -2.35. The molecular weight excluding hydrogens is 242 g/mol. The number of piperidine rings is 1. The van der Waals surface area contributed by atoms with Crippen molar-refractivity contribution in [3.8, 4) is 0 Å². The summed E-state index contributed by atoms with van der Waals surface area (Å²) < 4.78 is 0. The summed E-state index contributed by atoms with van der Waals surface area (Å²) in [6, 6.07) is 8.98. The van der Waals surface area contributed by atoms with Crippen LogP contribution in [0.2, 0.25) is 0 Å². The van der Waals surface area contributed by atoms with Crippen LogP contribution in [0.5, 0.6) is 0 Å². The molecule has 1 atom stereocenters. The fourth-order valence-corrected chi connectivity index (χ4v) is 3.55. The minimum atomic E-state index is 0.757. The van der Waals surface area contributed by atoms with Crippen molar-refractivity contribution in [3.63, 3.8) is 0 Å². The molecular formula is C19H31N. The van der Waals surface area contributed by atoms with Crippen molar-refractivity contribution in [2.24, 2.45) is 17.8 Å². The Morgan fingerprint density at radius 2 is 1.85 bits per heavy atom. The van der Waals surface area contributed by atoms with Crippen LogP contribution in [0.15, 0.2) is 24.3 Å². The van der Waals surface area contributed by atoms with Crippen molar-refractivity contribution in [2.75, 3.05) is 19.6 Å². The van der Waals surface area contributed by atoms with Gasteiger partial charge in [-0.05, 0) is 62.6 Å². The maximum Gasteiger partial charge on any atom is 0.00102 e. The Kier molecular flexibility index (Phi) is 5.65. The van der Waals surface area contributed by atoms with Gasteiger partial charge in [-0.25, -0.2) is 0 Å². The molecule has 1 heteroatoms. The first kappa shape index (κ1) is 15.6. The first-order valence-corrected chi connectivity index (χ1v) is 8.32. The van der Waals surface area contributed by atoms with Crippen LogP contribution in [0.4, 0.5) is 0 Å². The second-order valence-corrected chi connectivity index (χ2v) is 7.18. The van der Waals surface area contributed by atoms with Gasteiger partial charge in [-0.15, -0.1) is 0 Å². The van der Waals surface area contributed by atoms with E-state index < -0.39 is 0 Å². The lowest BCUT2D eigenvalue weighted by atomic mass is 9.86. The van der Waals surface area contributed by atoms with E-state index in [-0.39, 0.29) is 0 Å². The third-order valence-electron chi connectivity index (χ3n) is 4.81. The summed E-state index contributed by atoms with van der Waals surface area (Å²) in [5.41, 5.74) is 2.88. The zero-order valence-electron chi connectivity index (χ0n) is 13.7. The second kappa shape index (κ2) is 7.26. The average Bonchev–Trinajstić information content (AvgIpc) is 2.39. The number of likely N-dealkylation sites (tertiary alicyclic amines) is 1. The number of aryl methyl sites for hydroxylation is 1. The molecule has 1 saturated heterocycles. The normalized spacial score (nSPS) is 19.4. The van der Waals surface area contributed by atoms with Crippen molar-refractivity contribution < 1.29 is 0 Å². The highest BCUT2D eigenvalue weighted by molar-refractivity contribution is 5.22. The zero-order valence-corrected chi connectivity index (χ0v) is 13.7. The van der Waals surface area contributed by atoms with E-state index in [9.17, 15) is 0 Å². The first-order chi connectivity index (χ1) is 9.54. The Labute approximate surface area is 125 Å². The Balaban J connectivity index is 1.77. The van der Waals surface area contributed by atoms with Crippen LogP contribution in [0.1, 0.15) is 44.7 Å². The van der Waals surface area contributed by atoms with E-state index in [4.69, 9.17) is 0 Å². The lowest BCUT2D eigenvalue weighted by Crippen LogP contribution is -2.38. The van der Waals surface area contributed by atoms with Gasteiger partial charge in [0.05, 0.1) is 0 Å². The predicted molar refractivity (Wildman–Crippen MR) is 88.0 cm³/mol. The standard InChI is InChI=1S/C19H31N/c1-15(2)19-8-10-20(11-9-19)14-17(4)13-18-7-5-6-16(3)12-18/h5-7,12,15,17,19H,8-11,13-14H2,1-4H3. The Morgan fingerprint density at radius 1 is 1.15 bits per heavy atom. The quantitative estimate of drug-likeness (QED) is 0.761. The highest BCUT2D eigenvalue weighted by atomic mass is 15.1. The third kappa shape index (κ3) is 4.63. The Hall–Kier alpha value is -0.820. The first-order valence-electron chi connectivity index (χ1n) is 8.32. The van der Waals surface area contributed by atoms with Gasteiger partial charge in [-0.3, -0.25) is 0 Å². The summed E-state index contributed by atoms with van der Waals surface area (Å²) in [5.74, 6) is 2.58. The molecule has 1 unspecified atom stereocenters. The van der Waals surface area contributed by atoms with Crippen molar-refractivity contribution >= 4 is 0 Å². The number of rotatable bonds is 5. The molecule has 1 aromatic carbocycles. The molecule has 0 bridgehead atoms. The Morgan fingerprint density at radius 3 is 2.45 bits per heavy atom. The van der Waals surface area contributed by atoms with Crippen LogP contribution >= 0.6 is 0 Å². The van der Waals surface area contributed by atoms with Gasteiger partial charge in [0, 0.05) is 6.54 Å². The number of hydrogen-bond acceptors (Lipinski definition) is 1. The van der Waals surface area contributed by atoms with Gasteiger partial charge in [0.2, 0.25) is 0 Å². The van der Waals surface area contributed by atoms with Crippen LogP contribution in [-0.2, 0) is 6.42 Å². The lowest BCUT2D eigenvalue weighted by molar-refractivity contribution is 0.142. The largest absolute Gasteiger partial charge is 0.303 e. The summed E-state index contributed by atoms with van der Waals surface area (Å²) in [6.07, 6.45) is 4.01. The van der Waals surface area contributed by atoms with Crippen LogP contribution in [0.3, 0.4) is 0 Å². The molecule has 0 N–H and O–H groups in total. The molecule has 1 nitrogen and oxygen atoms in total. The maximum absolute atomic E-state index is 2.68. The summed E-state index contributed by atoms with van der Waals surface area (Å²) in [6.45, 7) is 13.2. The molecule has 20 heavy (non-hydrogen) atoms. The van der Waals surface area contributed by atoms with Crippen molar-refractivity contribution in [2.45, 2.75) is 47.0 Å². The summed E-state index contributed by atoms with van der Waals surface area (Å²) >= 11 is 0. The van der Waals surface area contributed by atoms with E-state index in [1.807, 2.05) is 0 Å². The van der Waals surface area contributed by atoms with Crippen molar-refractivity contribution in [1.82, 2.24) is 4.90 Å². The van der Waals surface area contributed by atoms with Gasteiger partial charge in [0.15, 0.2) is 0 Å². The monoisotopic (exact) mass is 273 g/mol. The van der Waals surface area contributed by atoms with E-state index in [1.54, 1.807) is 0 Å². The molecule has 1 fully saturated rings. The highest BCUT2D eigenvalue weighted by Gasteiger charge is 2.22. The van der Waals surface area contributed by atoms with Gasteiger partial charge < -0.3 is 4.90 Å². The van der Waals surface area contributed by atoms with Crippen LogP contribution in [-0.4, -0.2) is 24.5 Å². The molecule has 0 spiro atoms. The van der Waals surface area contributed by atoms with Gasteiger partial charge in [0.25, 0.3) is 0 Å².